The molecule has 0 spiro atoms. The number of amides is 2. The van der Waals surface area contributed by atoms with Gasteiger partial charge in [-0.05, 0) is 96.4 Å². The van der Waals surface area contributed by atoms with E-state index in [-0.39, 0.29) is 30.7 Å². The molecular weight excluding hydrogens is 578 g/mol. The van der Waals surface area contributed by atoms with E-state index in [0.717, 1.165) is 59.0 Å². The van der Waals surface area contributed by atoms with E-state index in [1.165, 1.54) is 0 Å². The number of aromatic amines is 1. The van der Waals surface area contributed by atoms with E-state index >= 15 is 0 Å². The lowest BCUT2D eigenvalue weighted by Gasteiger charge is -2.35. The largest absolute Gasteiger partial charge is 0.368 e. The zero-order valence-electron chi connectivity index (χ0n) is 24.5. The summed E-state index contributed by atoms with van der Waals surface area (Å²) in [6, 6.07) is 20.6. The normalized spacial score (nSPS) is 17.1. The molecule has 5 N–H and O–H groups in total. The lowest BCUT2D eigenvalue weighted by Crippen LogP contribution is -2.52. The van der Waals surface area contributed by atoms with Crippen molar-refractivity contribution in [2.45, 2.75) is 38.1 Å². The van der Waals surface area contributed by atoms with Gasteiger partial charge in [-0.3, -0.25) is 14.5 Å². The lowest BCUT2D eigenvalue weighted by molar-refractivity contribution is -0.127. The first-order valence-corrected chi connectivity index (χ1v) is 14.6. The number of benzene rings is 3. The molecule has 0 unspecified atom stereocenters. The second-order valence-electron chi connectivity index (χ2n) is 11.3. The Morgan fingerprint density at radius 2 is 1.66 bits per heavy atom. The first-order valence-electron chi connectivity index (χ1n) is 14.6. The number of hydrogen-bond donors (Lipinski definition) is 3. The zero-order chi connectivity index (χ0) is 29.9. The molecule has 44 heavy (non-hydrogen) atoms. The number of tetrazole rings is 1. The van der Waals surface area contributed by atoms with Gasteiger partial charge in [0.2, 0.25) is 17.6 Å². The van der Waals surface area contributed by atoms with E-state index in [4.69, 9.17) is 11.5 Å². The van der Waals surface area contributed by atoms with Crippen LogP contribution in [0.3, 0.4) is 0 Å². The van der Waals surface area contributed by atoms with Crippen molar-refractivity contribution in [1.29, 1.82) is 0 Å². The molecule has 1 saturated carbocycles. The number of hydrogen-bond acceptors (Lipinski definition) is 7. The van der Waals surface area contributed by atoms with Gasteiger partial charge in [-0.2, -0.15) is 5.21 Å². The number of fused-ring (bicyclic) bond motifs is 1. The number of aryl methyl sites for hydroxylation is 1. The van der Waals surface area contributed by atoms with Gasteiger partial charge >= 0.3 is 0 Å². The number of carbonyl (C=O) groups excluding carboxylic acids is 2. The third kappa shape index (κ3) is 6.34. The van der Waals surface area contributed by atoms with Gasteiger partial charge in [0.1, 0.15) is 6.04 Å². The highest BCUT2D eigenvalue weighted by Gasteiger charge is 2.36. The summed E-state index contributed by atoms with van der Waals surface area (Å²) >= 11 is 0. The molecule has 0 radical (unpaired) electrons. The number of carbonyl (C=O) groups is 2. The van der Waals surface area contributed by atoms with Crippen molar-refractivity contribution in [3.05, 3.63) is 78.6 Å². The van der Waals surface area contributed by atoms with Crippen LogP contribution in [-0.4, -0.2) is 54.6 Å². The topological polar surface area (TPSA) is 162 Å². The van der Waals surface area contributed by atoms with Crippen molar-refractivity contribution in [2.24, 2.45) is 30.4 Å². The molecule has 0 aliphatic heterocycles. The highest BCUT2D eigenvalue weighted by molar-refractivity contribution is 6.01. The Bertz CT molecular complexity index is 1710. The van der Waals surface area contributed by atoms with E-state index in [9.17, 15) is 9.59 Å². The number of rotatable bonds is 9. The third-order valence-electron chi connectivity index (χ3n) is 8.60. The summed E-state index contributed by atoms with van der Waals surface area (Å²) in [5, 5.41) is 14.1. The fourth-order valence-electron chi connectivity index (χ4n) is 6.05. The Balaban J connectivity index is 0.00000384. The second-order valence-corrected chi connectivity index (χ2v) is 11.3. The average molecular weight is 614 g/mol. The van der Waals surface area contributed by atoms with Gasteiger partial charge in [0.25, 0.3) is 0 Å². The predicted molar refractivity (Wildman–Crippen MR) is 172 cm³/mol. The molecule has 11 nitrogen and oxygen atoms in total. The fourth-order valence-corrected chi connectivity index (χ4v) is 6.05. The summed E-state index contributed by atoms with van der Waals surface area (Å²) in [6.45, 7) is 0.623. The van der Waals surface area contributed by atoms with Crippen LogP contribution in [0.4, 0.5) is 5.69 Å². The minimum Gasteiger partial charge on any atom is -0.368 e. The highest BCUT2D eigenvalue weighted by Crippen LogP contribution is 2.33. The summed E-state index contributed by atoms with van der Waals surface area (Å²) < 4.78 is 1.99. The van der Waals surface area contributed by atoms with Crippen LogP contribution in [0, 0.1) is 11.8 Å². The average Bonchev–Trinajstić information content (AvgIpc) is 3.71. The van der Waals surface area contributed by atoms with Crippen molar-refractivity contribution < 1.29 is 9.59 Å². The van der Waals surface area contributed by atoms with Gasteiger partial charge in [-0.1, -0.05) is 30.3 Å². The van der Waals surface area contributed by atoms with Crippen molar-refractivity contribution in [1.82, 2.24) is 30.2 Å². The van der Waals surface area contributed by atoms with Crippen molar-refractivity contribution in [2.75, 3.05) is 11.4 Å². The highest BCUT2D eigenvalue weighted by atomic mass is 35.5. The Morgan fingerprint density at radius 3 is 2.30 bits per heavy atom. The standard InChI is InChI=1S/C32H35N9O2.ClH/c1-40-19-35-27-17-25(12-15-28(27)40)22-6-2-20(3-7-22)16-29(30(34)42)41(32(43)24-8-4-21(18-33)5-9-24)26-13-10-23(11-14-26)31-36-38-39-37-31;/h2-3,6-7,10-15,17,19,21,24,29H,4-5,8-9,16,18,33H2,1H3,(H2,34,42)(H,36,37,38,39);1H/t21?,24?,29-;/m0./s1. The van der Waals surface area contributed by atoms with Crippen molar-refractivity contribution >= 4 is 40.9 Å². The number of aromatic nitrogens is 6. The smallest absolute Gasteiger partial charge is 0.240 e. The molecule has 1 aliphatic rings. The molecule has 6 rings (SSSR count). The fraction of sp³-hybridized carbons (Fsp3) is 0.312. The SMILES string of the molecule is Cl.Cn1cnc2cc(-c3ccc(C[C@@H](C(N)=O)N(C(=O)C4CCC(CN)CC4)c4ccc(-c5nn[nH]n5)cc4)cc3)ccc21. The van der Waals surface area contributed by atoms with E-state index in [1.807, 2.05) is 60.1 Å². The molecule has 12 heteroatoms. The maximum Gasteiger partial charge on any atom is 0.240 e. The lowest BCUT2D eigenvalue weighted by atomic mass is 9.81. The number of nitrogens with zero attached hydrogens (tertiary/aromatic N) is 6. The van der Waals surface area contributed by atoms with Gasteiger partial charge in [0.05, 0.1) is 17.4 Å². The number of nitrogens with two attached hydrogens (primary N) is 2. The zero-order valence-corrected chi connectivity index (χ0v) is 25.3. The molecule has 0 bridgehead atoms. The first-order chi connectivity index (χ1) is 20.9. The number of nitrogens with one attached hydrogen (secondary N) is 1. The van der Waals surface area contributed by atoms with Gasteiger partial charge < -0.3 is 16.0 Å². The van der Waals surface area contributed by atoms with Crippen molar-refractivity contribution in [3.63, 3.8) is 0 Å². The van der Waals surface area contributed by atoms with E-state index in [2.05, 4.69) is 43.8 Å². The van der Waals surface area contributed by atoms with Crippen LogP contribution in [-0.2, 0) is 23.1 Å². The van der Waals surface area contributed by atoms with Crippen molar-refractivity contribution in [3.8, 4) is 22.5 Å². The Morgan fingerprint density at radius 1 is 0.977 bits per heavy atom. The Kier molecular flexibility index (Phi) is 9.36. The quantitative estimate of drug-likeness (QED) is 0.226. The number of primary amides is 1. The second kappa shape index (κ2) is 13.4. The van der Waals surface area contributed by atoms with Crippen LogP contribution >= 0.6 is 12.4 Å². The number of anilines is 1. The van der Waals surface area contributed by atoms with Gasteiger partial charge in [-0.25, -0.2) is 4.98 Å². The summed E-state index contributed by atoms with van der Waals surface area (Å²) in [7, 11) is 1.97. The molecule has 3 aromatic carbocycles. The van der Waals surface area contributed by atoms with Crippen LogP contribution in [0.5, 0.6) is 0 Å². The molecule has 0 saturated heterocycles. The maximum absolute atomic E-state index is 14.1. The summed E-state index contributed by atoms with van der Waals surface area (Å²) in [5.41, 5.74) is 18.2. The molecular formula is C32H36ClN9O2. The van der Waals surface area contributed by atoms with Crippen LogP contribution in [0.15, 0.2) is 73.1 Å². The van der Waals surface area contributed by atoms with Gasteiger partial charge in [-0.15, -0.1) is 22.6 Å². The number of imidazole rings is 1. The number of H-pyrrole nitrogens is 1. The molecule has 2 aromatic heterocycles. The summed E-state index contributed by atoms with van der Waals surface area (Å²) in [4.78, 5) is 33.2. The molecule has 228 valence electrons. The predicted octanol–water partition coefficient (Wildman–Crippen LogP) is 4.04. The first kappa shape index (κ1) is 30.8. The Hall–Kier alpha value is -4.61. The molecule has 2 heterocycles. The van der Waals surface area contributed by atoms with E-state index < -0.39 is 11.9 Å². The van der Waals surface area contributed by atoms with Gasteiger partial charge in [0, 0.05) is 30.6 Å². The van der Waals surface area contributed by atoms with E-state index in [1.54, 1.807) is 11.2 Å². The Labute approximate surface area is 261 Å². The monoisotopic (exact) mass is 613 g/mol. The van der Waals surface area contributed by atoms with Crippen LogP contribution in [0.1, 0.15) is 31.2 Å². The number of halogens is 1. The van der Waals surface area contributed by atoms with Crippen LogP contribution in [0.2, 0.25) is 0 Å². The van der Waals surface area contributed by atoms with Crippen LogP contribution < -0.4 is 16.4 Å². The molecule has 1 atom stereocenters. The summed E-state index contributed by atoms with van der Waals surface area (Å²) in [6.07, 6.45) is 5.34. The maximum atomic E-state index is 14.1. The minimum atomic E-state index is -0.869. The molecule has 5 aromatic rings. The molecule has 1 fully saturated rings. The van der Waals surface area contributed by atoms with E-state index in [0.29, 0.717) is 24.0 Å². The summed E-state index contributed by atoms with van der Waals surface area (Å²) in [5.74, 6) is 0.0158. The third-order valence-corrected chi connectivity index (χ3v) is 8.60. The minimum absolute atomic E-state index is 0. The van der Waals surface area contributed by atoms with Gasteiger partial charge in [0.15, 0.2) is 0 Å². The molecule has 1 aliphatic carbocycles. The van der Waals surface area contributed by atoms with Crippen LogP contribution in [0.25, 0.3) is 33.5 Å². The molecule has 2 amide bonds.